The number of carboxylic acids is 1. The molecule has 1 aromatic heterocycles. The number of hydrogen-bond donors (Lipinski definition) is 3. The van der Waals surface area contributed by atoms with Gasteiger partial charge in [0.05, 0.1) is 23.2 Å². The molecule has 2 aromatic rings. The minimum Gasteiger partial charge on any atom is -0.490 e. The van der Waals surface area contributed by atoms with E-state index >= 15 is 0 Å². The lowest BCUT2D eigenvalue weighted by molar-refractivity contribution is -0.141. The molecule has 5 atom stereocenters. The van der Waals surface area contributed by atoms with Gasteiger partial charge in [-0.3, -0.25) is 9.59 Å². The molecule has 3 aliphatic heterocycles. The highest BCUT2D eigenvalue weighted by molar-refractivity contribution is 6.31. The Labute approximate surface area is 223 Å². The molecule has 2 bridgehead atoms. The molecule has 38 heavy (non-hydrogen) atoms. The van der Waals surface area contributed by atoms with Crippen molar-refractivity contribution in [1.82, 2.24) is 14.8 Å². The lowest BCUT2D eigenvalue weighted by Crippen LogP contribution is -2.51. The van der Waals surface area contributed by atoms with Gasteiger partial charge in [0.15, 0.2) is 0 Å². The number of amides is 2. The largest absolute Gasteiger partial charge is 0.490 e. The average molecular weight is 547 g/mol. The van der Waals surface area contributed by atoms with Gasteiger partial charge in [0.25, 0.3) is 5.91 Å². The summed E-state index contributed by atoms with van der Waals surface area (Å²) in [5, 5.41) is 22.5. The molecule has 3 N–H and O–H groups in total. The van der Waals surface area contributed by atoms with Crippen LogP contribution in [0.2, 0.25) is 5.02 Å². The van der Waals surface area contributed by atoms with Crippen LogP contribution in [0.25, 0.3) is 0 Å². The van der Waals surface area contributed by atoms with Crippen molar-refractivity contribution in [2.24, 2.45) is 0 Å². The third-order valence-electron chi connectivity index (χ3n) is 7.41. The zero-order chi connectivity index (χ0) is 27.0. The van der Waals surface area contributed by atoms with Gasteiger partial charge in [0.1, 0.15) is 29.5 Å². The number of rotatable bonds is 7. The van der Waals surface area contributed by atoms with Crippen LogP contribution in [0.1, 0.15) is 42.5 Å². The number of carbonyl (C=O) groups excluding carboxylic acids is 2. The van der Waals surface area contributed by atoms with Crippen molar-refractivity contribution in [2.75, 3.05) is 18.4 Å². The van der Waals surface area contributed by atoms with Gasteiger partial charge in [-0.15, -0.1) is 0 Å². The number of pyridine rings is 1. The normalized spacial score (nSPS) is 26.3. The molecule has 3 aliphatic rings. The van der Waals surface area contributed by atoms with Crippen molar-refractivity contribution in [3.63, 3.8) is 0 Å². The van der Waals surface area contributed by atoms with Gasteiger partial charge in [-0.1, -0.05) is 11.6 Å². The molecule has 12 heteroatoms. The number of nitrogens with one attached hydrogen (secondary N) is 1. The van der Waals surface area contributed by atoms with Crippen LogP contribution in [0.15, 0.2) is 36.5 Å². The van der Waals surface area contributed by atoms with Crippen LogP contribution in [0.4, 0.5) is 10.2 Å². The predicted octanol–water partition coefficient (Wildman–Crippen LogP) is 2.55. The number of carbonyl (C=O) groups is 3. The molecule has 10 nitrogen and oxygen atoms in total. The van der Waals surface area contributed by atoms with Crippen LogP contribution in [0.3, 0.4) is 0 Å². The molecule has 1 aromatic carbocycles. The van der Waals surface area contributed by atoms with Crippen molar-refractivity contribution < 1.29 is 33.7 Å². The van der Waals surface area contributed by atoms with Gasteiger partial charge < -0.3 is 30.1 Å². The Morgan fingerprint density at radius 2 is 1.82 bits per heavy atom. The van der Waals surface area contributed by atoms with E-state index in [4.69, 9.17) is 16.3 Å². The average Bonchev–Trinajstić information content (AvgIpc) is 3.41. The molecular formula is C26H28ClFN4O6. The Morgan fingerprint density at radius 1 is 1.13 bits per heavy atom. The molecule has 0 spiro atoms. The monoisotopic (exact) mass is 546 g/mol. The Morgan fingerprint density at radius 3 is 2.47 bits per heavy atom. The maximum atomic E-state index is 13.2. The molecule has 202 valence electrons. The zero-order valence-electron chi connectivity index (χ0n) is 20.4. The van der Waals surface area contributed by atoms with E-state index in [9.17, 15) is 29.0 Å². The first-order chi connectivity index (χ1) is 18.2. The fourth-order valence-corrected chi connectivity index (χ4v) is 5.91. The van der Waals surface area contributed by atoms with Crippen molar-refractivity contribution >= 4 is 35.2 Å². The Kier molecular flexibility index (Phi) is 7.40. The van der Waals surface area contributed by atoms with Crippen molar-refractivity contribution in [3.05, 3.63) is 52.9 Å². The first kappa shape index (κ1) is 26.2. The Bertz CT molecular complexity index is 1220. The van der Waals surface area contributed by atoms with E-state index in [0.29, 0.717) is 18.6 Å². The van der Waals surface area contributed by atoms with Crippen LogP contribution in [0, 0.1) is 5.82 Å². The number of fused-ring (bicyclic) bond motifs is 2. The first-order valence-electron chi connectivity index (χ1n) is 12.5. The van der Waals surface area contributed by atoms with E-state index in [-0.39, 0.29) is 65.8 Å². The number of aliphatic carboxylic acids is 1. The topological polar surface area (TPSA) is 132 Å². The third kappa shape index (κ3) is 5.39. The summed E-state index contributed by atoms with van der Waals surface area (Å²) in [5.41, 5.74) is 0.0278. The highest BCUT2D eigenvalue weighted by Gasteiger charge is 2.44. The zero-order valence-corrected chi connectivity index (χ0v) is 21.2. The fraction of sp³-hybridized carbons (Fsp3) is 0.462. The smallest absolute Gasteiger partial charge is 0.326 e. The SMILES string of the molecule is O=C(O)[C@@H]1C[C@@H](O)CN1C(=O)c1cc(Cl)cnc1NCC(=O)N1[C@@H]2CC[C@H]1CC(Oc1ccc(F)cc1)C2. The number of aliphatic hydroxyl groups is 1. The summed E-state index contributed by atoms with van der Waals surface area (Å²) in [4.78, 5) is 45.2. The van der Waals surface area contributed by atoms with Crippen LogP contribution >= 0.6 is 11.6 Å². The number of nitrogens with zero attached hydrogens (tertiary/aromatic N) is 3. The molecule has 0 radical (unpaired) electrons. The summed E-state index contributed by atoms with van der Waals surface area (Å²) in [7, 11) is 0. The number of likely N-dealkylation sites (tertiary alicyclic amines) is 1. The van der Waals surface area contributed by atoms with Crippen LogP contribution in [-0.4, -0.2) is 86.2 Å². The van der Waals surface area contributed by atoms with Crippen LogP contribution in [-0.2, 0) is 9.59 Å². The first-order valence-corrected chi connectivity index (χ1v) is 12.9. The van der Waals surface area contributed by atoms with Gasteiger partial charge >= 0.3 is 5.97 Å². The number of carboxylic acid groups (broad SMARTS) is 1. The number of aromatic nitrogens is 1. The number of hydrogen-bond acceptors (Lipinski definition) is 7. The predicted molar refractivity (Wildman–Crippen MR) is 135 cm³/mol. The number of benzene rings is 1. The van der Waals surface area contributed by atoms with E-state index in [1.165, 1.54) is 24.4 Å². The second-order valence-corrected chi connectivity index (χ2v) is 10.4. The molecule has 1 unspecified atom stereocenters. The van der Waals surface area contributed by atoms with Gasteiger partial charge in [-0.2, -0.15) is 0 Å². The lowest BCUT2D eigenvalue weighted by atomic mass is 9.99. The quantitative estimate of drug-likeness (QED) is 0.483. The highest BCUT2D eigenvalue weighted by atomic mass is 35.5. The summed E-state index contributed by atoms with van der Waals surface area (Å²) in [6.45, 7) is -0.241. The van der Waals surface area contributed by atoms with Crippen LogP contribution in [0.5, 0.6) is 5.75 Å². The summed E-state index contributed by atoms with van der Waals surface area (Å²) in [6.07, 6.45) is 3.28. The summed E-state index contributed by atoms with van der Waals surface area (Å²) in [6, 6.07) is 6.12. The summed E-state index contributed by atoms with van der Waals surface area (Å²) >= 11 is 6.07. The molecular weight excluding hydrogens is 519 g/mol. The van der Waals surface area contributed by atoms with E-state index in [1.807, 2.05) is 4.90 Å². The second-order valence-electron chi connectivity index (χ2n) is 9.96. The number of aliphatic hydroxyl groups excluding tert-OH is 1. The van der Waals surface area contributed by atoms with Gasteiger partial charge in [-0.25, -0.2) is 14.2 Å². The van der Waals surface area contributed by atoms with E-state index in [2.05, 4.69) is 10.3 Å². The van der Waals surface area contributed by atoms with Gasteiger partial charge in [0.2, 0.25) is 5.91 Å². The number of piperidine rings is 1. The lowest BCUT2D eigenvalue weighted by Gasteiger charge is -2.39. The Hall–Kier alpha value is -3.44. The van der Waals surface area contributed by atoms with Crippen LogP contribution < -0.4 is 10.1 Å². The summed E-state index contributed by atoms with van der Waals surface area (Å²) in [5.74, 6) is -1.62. The number of ether oxygens (including phenoxy) is 1. The maximum absolute atomic E-state index is 13.2. The molecule has 0 saturated carbocycles. The fourth-order valence-electron chi connectivity index (χ4n) is 5.76. The van der Waals surface area contributed by atoms with Crippen molar-refractivity contribution in [1.29, 1.82) is 0 Å². The second kappa shape index (κ2) is 10.7. The van der Waals surface area contributed by atoms with E-state index in [0.717, 1.165) is 17.7 Å². The van der Waals surface area contributed by atoms with E-state index < -0.39 is 24.0 Å². The van der Waals surface area contributed by atoms with Gasteiger partial charge in [-0.05, 0) is 43.2 Å². The minimum absolute atomic E-state index is 0.00944. The molecule has 3 fully saturated rings. The molecule has 5 rings (SSSR count). The van der Waals surface area contributed by atoms with Gasteiger partial charge in [0, 0.05) is 44.1 Å². The maximum Gasteiger partial charge on any atom is 0.326 e. The van der Waals surface area contributed by atoms with E-state index in [1.54, 1.807) is 12.1 Å². The number of anilines is 1. The molecule has 2 amide bonds. The molecule has 4 heterocycles. The Balaban J connectivity index is 1.24. The number of β-amino-alcohol motifs (C(OH)–C–C–N with tert-alkyl or cyclic N) is 1. The standard InChI is InChI=1S/C26H28ClFN4O6/c27-14-7-21(25(35)31-13-18(33)10-22(31)26(36)37)24(29-11-14)30-12-23(34)32-16-3-4-17(32)9-20(8-16)38-19-5-1-15(28)2-6-19/h1-2,5-7,11,16-18,20,22,33H,3-4,8-10,12-13H2,(H,29,30)(H,36,37)/t16-,17+,18-,20?,22+/m1/s1. The minimum atomic E-state index is -1.21. The summed E-state index contributed by atoms with van der Waals surface area (Å²) < 4.78 is 19.2. The molecule has 3 saturated heterocycles. The third-order valence-corrected chi connectivity index (χ3v) is 7.62. The molecule has 0 aliphatic carbocycles. The van der Waals surface area contributed by atoms with Crippen molar-refractivity contribution in [2.45, 2.75) is 62.4 Å². The van der Waals surface area contributed by atoms with Crippen molar-refractivity contribution in [3.8, 4) is 5.75 Å². The number of halogens is 2. The highest BCUT2D eigenvalue weighted by Crippen LogP contribution is 2.37.